The fourth-order valence-electron chi connectivity index (χ4n) is 3.61. The van der Waals surface area contributed by atoms with Gasteiger partial charge in [-0.3, -0.25) is 0 Å². The lowest BCUT2D eigenvalue weighted by atomic mass is 9.98. The SMILES string of the molecule is Cl.O=C(NCC1COCCN1)OCC1c2ccccc2-c2ccccc21. The van der Waals surface area contributed by atoms with Gasteiger partial charge in [0.1, 0.15) is 6.61 Å². The molecule has 6 heteroatoms. The predicted molar refractivity (Wildman–Crippen MR) is 103 cm³/mol. The molecule has 5 nitrogen and oxygen atoms in total. The summed E-state index contributed by atoms with van der Waals surface area (Å²) < 4.78 is 10.9. The zero-order valence-corrected chi connectivity index (χ0v) is 15.3. The van der Waals surface area contributed by atoms with E-state index in [2.05, 4.69) is 34.9 Å². The minimum Gasteiger partial charge on any atom is -0.449 e. The third kappa shape index (κ3) is 3.85. The average molecular weight is 375 g/mol. The minimum atomic E-state index is -0.380. The molecule has 0 aromatic heterocycles. The van der Waals surface area contributed by atoms with Crippen LogP contribution in [-0.2, 0) is 9.47 Å². The molecule has 1 atom stereocenters. The molecule has 2 aromatic rings. The van der Waals surface area contributed by atoms with Crippen LogP contribution < -0.4 is 10.6 Å². The van der Waals surface area contributed by atoms with E-state index in [1.807, 2.05) is 24.3 Å². The number of carbonyl (C=O) groups excluding carboxylic acids is 1. The molecule has 2 aromatic carbocycles. The van der Waals surface area contributed by atoms with Gasteiger partial charge in [0.2, 0.25) is 0 Å². The van der Waals surface area contributed by atoms with E-state index in [0.717, 1.165) is 13.2 Å². The Labute approximate surface area is 159 Å². The van der Waals surface area contributed by atoms with Gasteiger partial charge in [0.25, 0.3) is 0 Å². The van der Waals surface area contributed by atoms with Gasteiger partial charge in [-0.1, -0.05) is 48.5 Å². The number of benzene rings is 2. The Kier molecular flexibility index (Phi) is 6.14. The van der Waals surface area contributed by atoms with Crippen molar-refractivity contribution in [3.8, 4) is 11.1 Å². The Morgan fingerprint density at radius 3 is 2.38 bits per heavy atom. The second kappa shape index (κ2) is 8.54. The van der Waals surface area contributed by atoms with Gasteiger partial charge in [0.15, 0.2) is 0 Å². The third-order valence-corrected chi connectivity index (χ3v) is 4.83. The molecule has 2 aliphatic rings. The van der Waals surface area contributed by atoms with Gasteiger partial charge in [-0.15, -0.1) is 12.4 Å². The van der Waals surface area contributed by atoms with Crippen molar-refractivity contribution in [2.75, 3.05) is 32.9 Å². The highest BCUT2D eigenvalue weighted by Crippen LogP contribution is 2.44. The minimum absolute atomic E-state index is 0. The van der Waals surface area contributed by atoms with Crippen molar-refractivity contribution in [1.82, 2.24) is 10.6 Å². The molecule has 1 aliphatic carbocycles. The van der Waals surface area contributed by atoms with Crippen molar-refractivity contribution >= 4 is 18.5 Å². The number of rotatable bonds is 4. The number of morpholine rings is 1. The van der Waals surface area contributed by atoms with Gasteiger partial charge in [-0.25, -0.2) is 4.79 Å². The topological polar surface area (TPSA) is 59.6 Å². The molecule has 1 amide bonds. The Balaban J connectivity index is 0.00000196. The number of ether oxygens (including phenoxy) is 2. The summed E-state index contributed by atoms with van der Waals surface area (Å²) in [7, 11) is 0. The predicted octanol–water partition coefficient (Wildman–Crippen LogP) is 2.94. The Morgan fingerprint density at radius 1 is 1.12 bits per heavy atom. The summed E-state index contributed by atoms with van der Waals surface area (Å²) >= 11 is 0. The first-order valence-electron chi connectivity index (χ1n) is 8.73. The average Bonchev–Trinajstić information content (AvgIpc) is 2.99. The lowest BCUT2D eigenvalue weighted by Crippen LogP contribution is -2.48. The van der Waals surface area contributed by atoms with Crippen LogP contribution in [0.4, 0.5) is 4.79 Å². The fraction of sp³-hybridized carbons (Fsp3) is 0.350. The highest BCUT2D eigenvalue weighted by atomic mass is 35.5. The van der Waals surface area contributed by atoms with Crippen LogP contribution >= 0.6 is 12.4 Å². The van der Waals surface area contributed by atoms with Crippen LogP contribution in [0.3, 0.4) is 0 Å². The van der Waals surface area contributed by atoms with E-state index in [0.29, 0.717) is 19.8 Å². The molecule has 138 valence electrons. The molecular formula is C20H23ClN2O3. The maximum absolute atomic E-state index is 12.1. The number of alkyl carbamates (subject to hydrolysis) is 1. The van der Waals surface area contributed by atoms with Crippen molar-refractivity contribution in [2.24, 2.45) is 0 Å². The molecule has 1 fully saturated rings. The van der Waals surface area contributed by atoms with Gasteiger partial charge >= 0.3 is 6.09 Å². The van der Waals surface area contributed by atoms with Crippen LogP contribution in [0.2, 0.25) is 0 Å². The molecule has 0 saturated carbocycles. The first kappa shape index (κ1) is 18.7. The lowest BCUT2D eigenvalue weighted by Gasteiger charge is -2.24. The molecule has 0 spiro atoms. The van der Waals surface area contributed by atoms with E-state index in [-0.39, 0.29) is 30.5 Å². The summed E-state index contributed by atoms with van der Waals surface area (Å²) in [5.74, 6) is 0.0919. The second-order valence-electron chi connectivity index (χ2n) is 6.43. The van der Waals surface area contributed by atoms with Gasteiger partial charge in [0, 0.05) is 25.0 Å². The Bertz CT molecular complexity index is 717. The molecule has 1 aliphatic heterocycles. The first-order valence-corrected chi connectivity index (χ1v) is 8.73. The smallest absolute Gasteiger partial charge is 0.407 e. The van der Waals surface area contributed by atoms with Crippen LogP contribution in [0.5, 0.6) is 0 Å². The van der Waals surface area contributed by atoms with E-state index in [1.54, 1.807) is 0 Å². The Morgan fingerprint density at radius 2 is 1.77 bits per heavy atom. The van der Waals surface area contributed by atoms with E-state index in [9.17, 15) is 4.79 Å². The monoisotopic (exact) mass is 374 g/mol. The van der Waals surface area contributed by atoms with Crippen molar-refractivity contribution in [3.05, 3.63) is 59.7 Å². The third-order valence-electron chi connectivity index (χ3n) is 4.83. The normalized spacial score (nSPS) is 18.4. The van der Waals surface area contributed by atoms with Crippen molar-refractivity contribution in [2.45, 2.75) is 12.0 Å². The van der Waals surface area contributed by atoms with Crippen LogP contribution in [-0.4, -0.2) is 45.0 Å². The highest BCUT2D eigenvalue weighted by molar-refractivity contribution is 5.85. The summed E-state index contributed by atoms with van der Waals surface area (Å²) in [4.78, 5) is 12.1. The second-order valence-corrected chi connectivity index (χ2v) is 6.43. The van der Waals surface area contributed by atoms with Crippen LogP contribution in [0.25, 0.3) is 11.1 Å². The number of hydrogen-bond donors (Lipinski definition) is 2. The summed E-state index contributed by atoms with van der Waals surface area (Å²) in [6.45, 7) is 3.01. The summed E-state index contributed by atoms with van der Waals surface area (Å²) in [6.07, 6.45) is -0.380. The number of hydrogen-bond acceptors (Lipinski definition) is 4. The number of halogens is 1. The van der Waals surface area contributed by atoms with Crippen LogP contribution in [0.1, 0.15) is 17.0 Å². The standard InChI is InChI=1S/C20H22N2O3.ClH/c23-20(22-11-14-12-24-10-9-21-14)25-13-19-17-7-3-1-5-15(17)16-6-2-4-8-18(16)19;/h1-8,14,19,21H,9-13H2,(H,22,23);1H. The highest BCUT2D eigenvalue weighted by Gasteiger charge is 2.29. The molecule has 0 radical (unpaired) electrons. The van der Waals surface area contributed by atoms with E-state index < -0.39 is 0 Å². The largest absolute Gasteiger partial charge is 0.449 e. The van der Waals surface area contributed by atoms with E-state index in [1.165, 1.54) is 22.3 Å². The molecule has 0 bridgehead atoms. The lowest BCUT2D eigenvalue weighted by molar-refractivity contribution is 0.0751. The number of amides is 1. The maximum Gasteiger partial charge on any atom is 0.407 e. The molecule has 1 saturated heterocycles. The molecule has 2 N–H and O–H groups in total. The van der Waals surface area contributed by atoms with E-state index in [4.69, 9.17) is 9.47 Å². The summed E-state index contributed by atoms with van der Waals surface area (Å²) in [5.41, 5.74) is 4.91. The van der Waals surface area contributed by atoms with Gasteiger partial charge in [-0.05, 0) is 22.3 Å². The van der Waals surface area contributed by atoms with E-state index >= 15 is 0 Å². The number of carbonyl (C=O) groups is 1. The quantitative estimate of drug-likeness (QED) is 0.863. The van der Waals surface area contributed by atoms with Gasteiger partial charge in [-0.2, -0.15) is 0 Å². The number of nitrogens with one attached hydrogen (secondary N) is 2. The molecular weight excluding hydrogens is 352 g/mol. The van der Waals surface area contributed by atoms with Crippen molar-refractivity contribution < 1.29 is 14.3 Å². The van der Waals surface area contributed by atoms with Gasteiger partial charge in [0.05, 0.1) is 13.2 Å². The van der Waals surface area contributed by atoms with Crippen LogP contribution in [0.15, 0.2) is 48.5 Å². The first-order chi connectivity index (χ1) is 12.3. The summed E-state index contributed by atoms with van der Waals surface area (Å²) in [6, 6.07) is 16.8. The zero-order chi connectivity index (χ0) is 17.1. The summed E-state index contributed by atoms with van der Waals surface area (Å²) in [5, 5.41) is 6.12. The Hall–Kier alpha value is -2.08. The van der Waals surface area contributed by atoms with Crippen molar-refractivity contribution in [3.63, 3.8) is 0 Å². The molecule has 4 rings (SSSR count). The fourth-order valence-corrected chi connectivity index (χ4v) is 3.61. The van der Waals surface area contributed by atoms with Crippen molar-refractivity contribution in [1.29, 1.82) is 0 Å². The van der Waals surface area contributed by atoms with Gasteiger partial charge < -0.3 is 20.1 Å². The zero-order valence-electron chi connectivity index (χ0n) is 14.4. The van der Waals surface area contributed by atoms with Crippen LogP contribution in [0, 0.1) is 0 Å². The molecule has 26 heavy (non-hydrogen) atoms. The maximum atomic E-state index is 12.1. The molecule has 1 heterocycles. The molecule has 1 unspecified atom stereocenters. The number of fused-ring (bicyclic) bond motifs is 3.